The van der Waals surface area contributed by atoms with E-state index in [9.17, 15) is 9.59 Å². The molecular formula is C14H23N3O4. The van der Waals surface area contributed by atoms with Crippen LogP contribution in [0.4, 0.5) is 4.79 Å². The summed E-state index contributed by atoms with van der Waals surface area (Å²) >= 11 is 0. The highest BCUT2D eigenvalue weighted by atomic mass is 16.5. The number of carboxylic acids is 1. The molecule has 0 aliphatic carbocycles. The van der Waals surface area contributed by atoms with Crippen LogP contribution in [0.2, 0.25) is 0 Å². The molecule has 0 aliphatic heterocycles. The molecule has 1 heterocycles. The second kappa shape index (κ2) is 8.28. The molecule has 0 aromatic carbocycles. The number of aromatic nitrogens is 1. The van der Waals surface area contributed by atoms with E-state index < -0.39 is 5.97 Å². The number of carbonyl (C=O) groups excluding carboxylic acids is 1. The Hall–Kier alpha value is -2.05. The van der Waals surface area contributed by atoms with Crippen LogP contribution in [-0.2, 0) is 11.3 Å². The smallest absolute Gasteiger partial charge is 0.315 e. The van der Waals surface area contributed by atoms with E-state index in [0.29, 0.717) is 24.4 Å². The molecular weight excluding hydrogens is 274 g/mol. The fraction of sp³-hybridized carbons (Fsp3) is 0.643. The Morgan fingerprint density at radius 3 is 2.67 bits per heavy atom. The van der Waals surface area contributed by atoms with Crippen molar-refractivity contribution in [3.63, 3.8) is 0 Å². The number of hydrogen-bond acceptors (Lipinski definition) is 4. The SMILES string of the molecule is Cc1cc(CNC(=O)NC(C)CCCC(C)C(=O)O)no1. The van der Waals surface area contributed by atoms with Crippen molar-refractivity contribution in [1.82, 2.24) is 15.8 Å². The van der Waals surface area contributed by atoms with E-state index in [-0.39, 0.29) is 18.0 Å². The van der Waals surface area contributed by atoms with Crippen LogP contribution in [0.25, 0.3) is 0 Å². The standard InChI is InChI=1S/C14H23N3O4/c1-9(13(18)19)5-4-6-10(2)16-14(20)15-8-12-7-11(3)21-17-12/h7,9-10H,4-6,8H2,1-3H3,(H,18,19)(H2,15,16,20). The maximum atomic E-state index is 11.7. The molecule has 7 heteroatoms. The normalized spacial score (nSPS) is 13.5. The van der Waals surface area contributed by atoms with Gasteiger partial charge in [0.15, 0.2) is 0 Å². The summed E-state index contributed by atoms with van der Waals surface area (Å²) in [5, 5.41) is 18.1. The fourth-order valence-corrected chi connectivity index (χ4v) is 1.87. The van der Waals surface area contributed by atoms with Gasteiger partial charge >= 0.3 is 12.0 Å². The minimum atomic E-state index is -0.781. The van der Waals surface area contributed by atoms with Crippen molar-refractivity contribution in [2.45, 2.75) is 52.6 Å². The molecule has 1 aromatic heterocycles. The van der Waals surface area contributed by atoms with Gasteiger partial charge in [-0.2, -0.15) is 0 Å². The van der Waals surface area contributed by atoms with Crippen molar-refractivity contribution < 1.29 is 19.2 Å². The van der Waals surface area contributed by atoms with Gasteiger partial charge in [-0.1, -0.05) is 18.5 Å². The lowest BCUT2D eigenvalue weighted by Gasteiger charge is -2.14. The van der Waals surface area contributed by atoms with Gasteiger partial charge in [-0.3, -0.25) is 4.79 Å². The highest BCUT2D eigenvalue weighted by molar-refractivity contribution is 5.74. The van der Waals surface area contributed by atoms with E-state index >= 15 is 0 Å². The van der Waals surface area contributed by atoms with Crippen LogP contribution in [0.1, 0.15) is 44.6 Å². The molecule has 1 rings (SSSR count). The van der Waals surface area contributed by atoms with Crippen molar-refractivity contribution in [3.8, 4) is 0 Å². The molecule has 0 aliphatic rings. The highest BCUT2D eigenvalue weighted by Gasteiger charge is 2.12. The number of aryl methyl sites for hydroxylation is 1. The monoisotopic (exact) mass is 297 g/mol. The molecule has 118 valence electrons. The van der Waals surface area contributed by atoms with E-state index in [1.165, 1.54) is 0 Å². The van der Waals surface area contributed by atoms with Gasteiger partial charge in [0.1, 0.15) is 11.5 Å². The van der Waals surface area contributed by atoms with Gasteiger partial charge in [0.25, 0.3) is 0 Å². The van der Waals surface area contributed by atoms with Gasteiger partial charge in [-0.15, -0.1) is 0 Å². The minimum absolute atomic E-state index is 0.00922. The van der Waals surface area contributed by atoms with Crippen molar-refractivity contribution in [2.24, 2.45) is 5.92 Å². The van der Waals surface area contributed by atoms with Crippen molar-refractivity contribution in [1.29, 1.82) is 0 Å². The zero-order valence-electron chi connectivity index (χ0n) is 12.7. The summed E-state index contributed by atoms with van der Waals surface area (Å²) in [6.07, 6.45) is 2.12. The summed E-state index contributed by atoms with van der Waals surface area (Å²) in [7, 11) is 0. The van der Waals surface area contributed by atoms with Gasteiger partial charge in [-0.05, 0) is 26.7 Å². The first kappa shape index (κ1) is 17.0. The summed E-state index contributed by atoms with van der Waals surface area (Å²) in [5.74, 6) is -0.425. The van der Waals surface area contributed by atoms with Crippen molar-refractivity contribution >= 4 is 12.0 Å². The number of carboxylic acid groups (broad SMARTS) is 1. The van der Waals surface area contributed by atoms with Gasteiger partial charge < -0.3 is 20.3 Å². The molecule has 0 fully saturated rings. The number of hydrogen-bond donors (Lipinski definition) is 3. The maximum Gasteiger partial charge on any atom is 0.315 e. The fourth-order valence-electron chi connectivity index (χ4n) is 1.87. The number of carbonyl (C=O) groups is 2. The zero-order chi connectivity index (χ0) is 15.8. The van der Waals surface area contributed by atoms with Crippen LogP contribution in [0.15, 0.2) is 10.6 Å². The van der Waals surface area contributed by atoms with Crippen molar-refractivity contribution in [3.05, 3.63) is 17.5 Å². The lowest BCUT2D eigenvalue weighted by atomic mass is 10.0. The van der Waals surface area contributed by atoms with Crippen molar-refractivity contribution in [2.75, 3.05) is 0 Å². The number of nitrogens with one attached hydrogen (secondary N) is 2. The number of nitrogens with zero attached hydrogens (tertiary/aromatic N) is 1. The van der Waals surface area contributed by atoms with Crippen LogP contribution >= 0.6 is 0 Å². The molecule has 7 nitrogen and oxygen atoms in total. The van der Waals surface area contributed by atoms with E-state index in [2.05, 4.69) is 15.8 Å². The number of amides is 2. The summed E-state index contributed by atoms with van der Waals surface area (Å²) in [6, 6.07) is 1.48. The zero-order valence-corrected chi connectivity index (χ0v) is 12.7. The van der Waals surface area contributed by atoms with E-state index in [1.807, 2.05) is 6.92 Å². The topological polar surface area (TPSA) is 104 Å². The molecule has 0 spiro atoms. The summed E-state index contributed by atoms with van der Waals surface area (Å²) < 4.78 is 4.90. The second-order valence-corrected chi connectivity index (χ2v) is 5.33. The quantitative estimate of drug-likeness (QED) is 0.681. The van der Waals surface area contributed by atoms with Gasteiger partial charge in [0.05, 0.1) is 12.5 Å². The minimum Gasteiger partial charge on any atom is -0.481 e. The number of urea groups is 1. The number of rotatable bonds is 8. The molecule has 0 radical (unpaired) electrons. The summed E-state index contributed by atoms with van der Waals surface area (Å²) in [4.78, 5) is 22.3. The Morgan fingerprint density at radius 1 is 1.38 bits per heavy atom. The molecule has 0 bridgehead atoms. The Morgan fingerprint density at radius 2 is 2.10 bits per heavy atom. The first-order valence-electron chi connectivity index (χ1n) is 7.08. The van der Waals surface area contributed by atoms with Crippen LogP contribution < -0.4 is 10.6 Å². The summed E-state index contributed by atoms with van der Waals surface area (Å²) in [6.45, 7) is 5.68. The third kappa shape index (κ3) is 6.78. The van der Waals surface area contributed by atoms with Gasteiger partial charge in [0.2, 0.25) is 0 Å². The van der Waals surface area contributed by atoms with E-state index in [1.54, 1.807) is 19.9 Å². The molecule has 0 saturated carbocycles. The predicted molar refractivity (Wildman–Crippen MR) is 76.7 cm³/mol. The maximum absolute atomic E-state index is 11.7. The average molecular weight is 297 g/mol. The molecule has 1 aromatic rings. The number of aliphatic carboxylic acids is 1. The Kier molecular flexibility index (Phi) is 6.71. The largest absolute Gasteiger partial charge is 0.481 e. The van der Waals surface area contributed by atoms with Gasteiger partial charge in [0, 0.05) is 12.1 Å². The predicted octanol–water partition coefficient (Wildman–Crippen LogP) is 2.06. The van der Waals surface area contributed by atoms with Crippen LogP contribution in [0, 0.1) is 12.8 Å². The van der Waals surface area contributed by atoms with Crippen LogP contribution in [0.3, 0.4) is 0 Å². The Bertz CT molecular complexity index is 473. The second-order valence-electron chi connectivity index (χ2n) is 5.33. The van der Waals surface area contributed by atoms with Crippen LogP contribution in [0.5, 0.6) is 0 Å². The first-order chi connectivity index (χ1) is 9.88. The van der Waals surface area contributed by atoms with E-state index in [0.717, 1.165) is 12.8 Å². The lowest BCUT2D eigenvalue weighted by molar-refractivity contribution is -0.141. The Labute approximate surface area is 124 Å². The Balaban J connectivity index is 2.17. The first-order valence-corrected chi connectivity index (χ1v) is 7.08. The molecule has 2 unspecified atom stereocenters. The third-order valence-corrected chi connectivity index (χ3v) is 3.18. The third-order valence-electron chi connectivity index (χ3n) is 3.18. The summed E-state index contributed by atoms with van der Waals surface area (Å²) in [5.41, 5.74) is 0.672. The highest BCUT2D eigenvalue weighted by Crippen LogP contribution is 2.09. The lowest BCUT2D eigenvalue weighted by Crippen LogP contribution is -2.40. The molecule has 21 heavy (non-hydrogen) atoms. The molecule has 2 amide bonds. The molecule has 3 N–H and O–H groups in total. The molecule has 2 atom stereocenters. The van der Waals surface area contributed by atoms with E-state index in [4.69, 9.17) is 9.63 Å². The van der Waals surface area contributed by atoms with Gasteiger partial charge in [-0.25, -0.2) is 4.79 Å². The molecule has 0 saturated heterocycles. The van der Waals surface area contributed by atoms with Crippen LogP contribution in [-0.4, -0.2) is 28.3 Å². The average Bonchev–Trinajstić information content (AvgIpc) is 2.82.